The molecule has 2 heterocycles. The molecule has 0 saturated heterocycles. The van der Waals surface area contributed by atoms with E-state index in [1.807, 2.05) is 0 Å². The maximum atomic E-state index is 13.6. The van der Waals surface area contributed by atoms with Crippen molar-refractivity contribution in [1.82, 2.24) is 25.6 Å². The quantitative estimate of drug-likeness (QED) is 0.384. The van der Waals surface area contributed by atoms with Crippen LogP contribution in [-0.4, -0.2) is 45.5 Å². The van der Waals surface area contributed by atoms with Crippen molar-refractivity contribution in [2.75, 3.05) is 6.61 Å². The maximum Gasteiger partial charge on any atom is 0.416 e. The molecule has 2 aliphatic carbocycles. The van der Waals surface area contributed by atoms with Crippen LogP contribution < -0.4 is 15.4 Å². The summed E-state index contributed by atoms with van der Waals surface area (Å²) in [5.41, 5.74) is 1.14. The number of carbonyl (C=O) groups excluding carboxylic acids is 2. The van der Waals surface area contributed by atoms with Crippen LogP contribution >= 0.6 is 0 Å². The van der Waals surface area contributed by atoms with Gasteiger partial charge in [-0.15, -0.1) is 0 Å². The van der Waals surface area contributed by atoms with Crippen LogP contribution in [0.25, 0.3) is 22.3 Å². The minimum absolute atomic E-state index is 0.0145. The molecule has 2 aliphatic rings. The zero-order valence-corrected chi connectivity index (χ0v) is 21.2. The highest BCUT2D eigenvalue weighted by atomic mass is 19.4. The number of H-pyrrole nitrogens is 1. The molecule has 0 aliphatic heterocycles. The third kappa shape index (κ3) is 5.46. The van der Waals surface area contributed by atoms with E-state index in [0.717, 1.165) is 37.8 Å². The molecule has 2 fully saturated rings. The first kappa shape index (κ1) is 26.0. The number of aromatic nitrogens is 3. The molecular weight excluding hydrogens is 499 g/mol. The van der Waals surface area contributed by atoms with Crippen molar-refractivity contribution in [3.05, 3.63) is 41.3 Å². The zero-order chi connectivity index (χ0) is 27.0. The predicted octanol–water partition coefficient (Wildman–Crippen LogP) is 4.92. The van der Waals surface area contributed by atoms with Gasteiger partial charge >= 0.3 is 6.18 Å². The fraction of sp³-hybridized carbons (Fsp3) is 0.481. The second-order valence-electron chi connectivity index (χ2n) is 10.1. The van der Waals surface area contributed by atoms with E-state index in [1.54, 1.807) is 13.8 Å². The van der Waals surface area contributed by atoms with Crippen molar-refractivity contribution in [2.24, 2.45) is 5.92 Å². The Morgan fingerprint density at radius 2 is 1.84 bits per heavy atom. The standard InChI is InChI=1S/C27H30F3N5O3/c1-3-21(36)34-17-7-8-18(11-17)35-26(37)22-14(2)33-25-23(31-13-32-24(22)25)19-10-16(27(28,29)30)6-9-20(19)38-12-15-4-5-15/h6,9-10,13,15,17-18,33H,3-5,7-8,11-12H2,1-2H3,(H,34,36)(H,35,37)/t17-,18-/m0/s1. The number of aryl methyl sites for hydroxylation is 1. The summed E-state index contributed by atoms with van der Waals surface area (Å²) in [5, 5.41) is 6.00. The molecule has 1 aromatic carbocycles. The van der Waals surface area contributed by atoms with Crippen LogP contribution in [0.1, 0.15) is 67.1 Å². The summed E-state index contributed by atoms with van der Waals surface area (Å²) in [4.78, 5) is 36.8. The van der Waals surface area contributed by atoms with Crippen molar-refractivity contribution < 1.29 is 27.5 Å². The first-order valence-electron chi connectivity index (χ1n) is 12.9. The van der Waals surface area contributed by atoms with Gasteiger partial charge in [-0.3, -0.25) is 9.59 Å². The Labute approximate surface area is 217 Å². The first-order chi connectivity index (χ1) is 18.1. The number of nitrogens with one attached hydrogen (secondary N) is 3. The van der Waals surface area contributed by atoms with Crippen LogP contribution in [0.2, 0.25) is 0 Å². The molecule has 0 bridgehead atoms. The molecule has 2 amide bonds. The van der Waals surface area contributed by atoms with E-state index < -0.39 is 11.7 Å². The van der Waals surface area contributed by atoms with Gasteiger partial charge in [0.1, 0.15) is 23.3 Å². The molecule has 3 N–H and O–H groups in total. The van der Waals surface area contributed by atoms with Gasteiger partial charge in [0.05, 0.1) is 23.3 Å². The van der Waals surface area contributed by atoms with Gasteiger partial charge in [0.15, 0.2) is 0 Å². The van der Waals surface area contributed by atoms with E-state index in [2.05, 4.69) is 25.6 Å². The van der Waals surface area contributed by atoms with E-state index in [1.165, 1.54) is 12.4 Å². The lowest BCUT2D eigenvalue weighted by Gasteiger charge is -2.15. The van der Waals surface area contributed by atoms with E-state index >= 15 is 0 Å². The molecule has 8 nitrogen and oxygen atoms in total. The van der Waals surface area contributed by atoms with Crippen LogP contribution in [-0.2, 0) is 11.0 Å². The number of amides is 2. The molecule has 0 spiro atoms. The van der Waals surface area contributed by atoms with Gasteiger partial charge in [-0.25, -0.2) is 9.97 Å². The monoisotopic (exact) mass is 529 g/mol. The smallest absolute Gasteiger partial charge is 0.416 e. The number of alkyl halides is 3. The molecular formula is C27H30F3N5O3. The number of benzene rings is 1. The summed E-state index contributed by atoms with van der Waals surface area (Å²) < 4.78 is 46.6. The Kier molecular flexibility index (Phi) is 7.02. The van der Waals surface area contributed by atoms with Crippen LogP contribution in [0, 0.1) is 12.8 Å². The van der Waals surface area contributed by atoms with Crippen molar-refractivity contribution in [3.63, 3.8) is 0 Å². The molecule has 38 heavy (non-hydrogen) atoms. The summed E-state index contributed by atoms with van der Waals surface area (Å²) in [6.07, 6.45) is 1.32. The number of aromatic amines is 1. The van der Waals surface area contributed by atoms with Gasteiger partial charge in [0.2, 0.25) is 5.91 Å². The van der Waals surface area contributed by atoms with Gasteiger partial charge in [0.25, 0.3) is 5.91 Å². The lowest BCUT2D eigenvalue weighted by Crippen LogP contribution is -2.37. The number of nitrogens with zero attached hydrogens (tertiary/aromatic N) is 2. The third-order valence-corrected chi connectivity index (χ3v) is 7.19. The van der Waals surface area contributed by atoms with Crippen LogP contribution in [0.15, 0.2) is 24.5 Å². The molecule has 0 unspecified atom stereocenters. The SMILES string of the molecule is CCC(=O)N[C@H]1CC[C@H](NC(=O)c2c(C)[nH]c3c(-c4cc(C(F)(F)F)ccc4OCC4CC4)ncnc23)C1. The molecule has 2 saturated carbocycles. The maximum absolute atomic E-state index is 13.6. The summed E-state index contributed by atoms with van der Waals surface area (Å²) >= 11 is 0. The lowest BCUT2D eigenvalue weighted by atomic mass is 10.0. The fourth-order valence-corrected chi connectivity index (χ4v) is 4.94. The molecule has 2 atom stereocenters. The van der Waals surface area contributed by atoms with Gasteiger partial charge < -0.3 is 20.4 Å². The summed E-state index contributed by atoms with van der Waals surface area (Å²) in [7, 11) is 0. The lowest BCUT2D eigenvalue weighted by molar-refractivity contribution is -0.137. The number of hydrogen-bond donors (Lipinski definition) is 3. The Morgan fingerprint density at radius 1 is 1.11 bits per heavy atom. The Hall–Kier alpha value is -3.63. The van der Waals surface area contributed by atoms with Gasteiger partial charge in [-0.1, -0.05) is 6.92 Å². The van der Waals surface area contributed by atoms with Gasteiger partial charge in [-0.05, 0) is 63.1 Å². The molecule has 2 aromatic heterocycles. The minimum atomic E-state index is -4.54. The number of hydrogen-bond acceptors (Lipinski definition) is 5. The highest BCUT2D eigenvalue weighted by Crippen LogP contribution is 2.40. The van der Waals surface area contributed by atoms with Crippen LogP contribution in [0.5, 0.6) is 5.75 Å². The second-order valence-corrected chi connectivity index (χ2v) is 10.1. The molecule has 11 heteroatoms. The normalized spacial score (nSPS) is 19.5. The molecule has 0 radical (unpaired) electrons. The van der Waals surface area contributed by atoms with E-state index in [9.17, 15) is 22.8 Å². The highest BCUT2D eigenvalue weighted by molar-refractivity contribution is 6.09. The minimum Gasteiger partial charge on any atom is -0.493 e. The van der Waals surface area contributed by atoms with Crippen LogP contribution in [0.3, 0.4) is 0 Å². The number of halogens is 3. The fourth-order valence-electron chi connectivity index (χ4n) is 4.94. The van der Waals surface area contributed by atoms with Crippen molar-refractivity contribution >= 4 is 22.8 Å². The number of rotatable bonds is 8. The second kappa shape index (κ2) is 10.3. The highest BCUT2D eigenvalue weighted by Gasteiger charge is 2.33. The zero-order valence-electron chi connectivity index (χ0n) is 21.2. The average molecular weight is 530 g/mol. The summed E-state index contributed by atoms with van der Waals surface area (Å²) in [5.74, 6) is 0.354. The van der Waals surface area contributed by atoms with Gasteiger partial charge in [-0.2, -0.15) is 13.2 Å². The Balaban J connectivity index is 1.45. The van der Waals surface area contributed by atoms with E-state index in [0.29, 0.717) is 53.4 Å². The van der Waals surface area contributed by atoms with E-state index in [-0.39, 0.29) is 35.2 Å². The Morgan fingerprint density at radius 3 is 2.53 bits per heavy atom. The predicted molar refractivity (Wildman–Crippen MR) is 135 cm³/mol. The summed E-state index contributed by atoms with van der Waals surface area (Å²) in [6, 6.07) is 3.26. The largest absolute Gasteiger partial charge is 0.493 e. The average Bonchev–Trinajstić information content (AvgIpc) is 3.50. The first-order valence-corrected chi connectivity index (χ1v) is 12.9. The number of ether oxygens (including phenoxy) is 1. The third-order valence-electron chi connectivity index (χ3n) is 7.19. The number of fused-ring (bicyclic) bond motifs is 1. The molecule has 3 aromatic rings. The van der Waals surface area contributed by atoms with Crippen molar-refractivity contribution in [2.45, 2.75) is 70.6 Å². The molecule has 202 valence electrons. The number of carbonyl (C=O) groups is 2. The van der Waals surface area contributed by atoms with E-state index in [4.69, 9.17) is 4.74 Å². The van der Waals surface area contributed by atoms with Crippen molar-refractivity contribution in [1.29, 1.82) is 0 Å². The topological polar surface area (TPSA) is 109 Å². The Bertz CT molecular complexity index is 1370. The van der Waals surface area contributed by atoms with Crippen LogP contribution in [0.4, 0.5) is 13.2 Å². The van der Waals surface area contributed by atoms with Gasteiger partial charge in [0, 0.05) is 29.8 Å². The molecule has 5 rings (SSSR count). The van der Waals surface area contributed by atoms with Crippen molar-refractivity contribution in [3.8, 4) is 17.0 Å². The summed E-state index contributed by atoms with van der Waals surface area (Å²) in [6.45, 7) is 3.93.